The van der Waals surface area contributed by atoms with E-state index in [9.17, 15) is 18.0 Å². The third kappa shape index (κ3) is 7.17. The van der Waals surface area contributed by atoms with Gasteiger partial charge in [0.1, 0.15) is 12.6 Å². The van der Waals surface area contributed by atoms with Gasteiger partial charge in [-0.1, -0.05) is 59.1 Å². The second-order valence-electron chi connectivity index (χ2n) is 8.13. The second kappa shape index (κ2) is 12.6. The maximum Gasteiger partial charge on any atom is 0.264 e. The van der Waals surface area contributed by atoms with Crippen molar-refractivity contribution < 1.29 is 18.0 Å². The second-order valence-corrected chi connectivity index (χ2v) is 11.3. The predicted octanol–water partition coefficient (Wildman–Crippen LogP) is 5.40. The zero-order chi connectivity index (χ0) is 27.2. The van der Waals surface area contributed by atoms with E-state index >= 15 is 0 Å². The normalized spacial score (nSPS) is 12.0. The number of likely N-dealkylation sites (N-methyl/N-ethyl adjacent to an activating group) is 1. The van der Waals surface area contributed by atoms with Gasteiger partial charge in [0.2, 0.25) is 11.8 Å². The Morgan fingerprint density at radius 3 is 2.22 bits per heavy atom. The first kappa shape index (κ1) is 28.8. The van der Waals surface area contributed by atoms with Crippen LogP contribution < -0.4 is 9.62 Å². The van der Waals surface area contributed by atoms with Crippen molar-refractivity contribution in [2.45, 2.75) is 31.3 Å². The molecule has 11 heteroatoms. The summed E-state index contributed by atoms with van der Waals surface area (Å²) in [6.07, 6.45) is 0. The molecule has 0 fully saturated rings. The molecule has 37 heavy (non-hydrogen) atoms. The minimum Gasteiger partial charge on any atom is -0.355 e. The SMILES string of the molecule is CCNC(=O)C(C)N(Cc1ccccc1Cl)C(=O)CN(c1cccc(Cl)c1)S(=O)(=O)c1ccc(Cl)cc1. The summed E-state index contributed by atoms with van der Waals surface area (Å²) in [6.45, 7) is 3.14. The topological polar surface area (TPSA) is 86.8 Å². The molecule has 0 aliphatic heterocycles. The van der Waals surface area contributed by atoms with Crippen LogP contribution >= 0.6 is 34.8 Å². The van der Waals surface area contributed by atoms with Crippen LogP contribution in [0.15, 0.2) is 77.7 Å². The molecular weight excluding hydrogens is 557 g/mol. The monoisotopic (exact) mass is 581 g/mol. The number of nitrogens with one attached hydrogen (secondary N) is 1. The maximum atomic E-state index is 13.8. The highest BCUT2D eigenvalue weighted by atomic mass is 35.5. The summed E-state index contributed by atoms with van der Waals surface area (Å²) >= 11 is 18.4. The zero-order valence-corrected chi connectivity index (χ0v) is 23.3. The van der Waals surface area contributed by atoms with Crippen LogP contribution in [-0.4, -0.2) is 44.3 Å². The van der Waals surface area contributed by atoms with E-state index in [4.69, 9.17) is 34.8 Å². The molecule has 0 radical (unpaired) electrons. The molecule has 0 saturated carbocycles. The van der Waals surface area contributed by atoms with E-state index in [1.165, 1.54) is 41.3 Å². The summed E-state index contributed by atoms with van der Waals surface area (Å²) in [5.74, 6) is -0.978. The number of hydrogen-bond donors (Lipinski definition) is 1. The number of anilines is 1. The highest BCUT2D eigenvalue weighted by molar-refractivity contribution is 7.92. The van der Waals surface area contributed by atoms with Gasteiger partial charge in [-0.15, -0.1) is 0 Å². The van der Waals surface area contributed by atoms with E-state index in [0.717, 1.165) is 4.31 Å². The fraction of sp³-hybridized carbons (Fsp3) is 0.231. The Kier molecular flexibility index (Phi) is 9.84. The van der Waals surface area contributed by atoms with Crippen molar-refractivity contribution in [1.82, 2.24) is 10.2 Å². The van der Waals surface area contributed by atoms with Crippen LogP contribution in [0.2, 0.25) is 15.1 Å². The Hall–Kier alpha value is -2.78. The van der Waals surface area contributed by atoms with Gasteiger partial charge in [-0.25, -0.2) is 8.42 Å². The number of rotatable bonds is 10. The number of carbonyl (C=O) groups excluding carboxylic acids is 2. The number of hydrogen-bond acceptors (Lipinski definition) is 4. The minimum absolute atomic E-state index is 0.00118. The lowest BCUT2D eigenvalue weighted by Crippen LogP contribution is -2.51. The Bertz CT molecular complexity index is 1370. The summed E-state index contributed by atoms with van der Waals surface area (Å²) < 4.78 is 28.4. The molecule has 0 saturated heterocycles. The van der Waals surface area contributed by atoms with Crippen LogP contribution in [0.25, 0.3) is 0 Å². The largest absolute Gasteiger partial charge is 0.355 e. The van der Waals surface area contributed by atoms with Crippen LogP contribution in [0.4, 0.5) is 5.69 Å². The molecule has 0 aliphatic carbocycles. The van der Waals surface area contributed by atoms with Crippen molar-refractivity contribution in [3.8, 4) is 0 Å². The zero-order valence-electron chi connectivity index (χ0n) is 20.2. The Labute approximate surface area is 232 Å². The highest BCUT2D eigenvalue weighted by Gasteiger charge is 2.32. The number of carbonyl (C=O) groups is 2. The lowest BCUT2D eigenvalue weighted by molar-refractivity contribution is -0.139. The Morgan fingerprint density at radius 2 is 1.59 bits per heavy atom. The van der Waals surface area contributed by atoms with Crippen LogP contribution in [-0.2, 0) is 26.2 Å². The van der Waals surface area contributed by atoms with Gasteiger partial charge < -0.3 is 10.2 Å². The van der Waals surface area contributed by atoms with E-state index in [1.807, 2.05) is 0 Å². The molecule has 3 aromatic rings. The lowest BCUT2D eigenvalue weighted by atomic mass is 10.1. The van der Waals surface area contributed by atoms with Gasteiger partial charge in [-0.2, -0.15) is 0 Å². The van der Waals surface area contributed by atoms with Gasteiger partial charge in [0, 0.05) is 28.2 Å². The molecule has 3 rings (SSSR count). The first-order valence-electron chi connectivity index (χ1n) is 11.4. The molecule has 0 aromatic heterocycles. The average Bonchev–Trinajstić information content (AvgIpc) is 2.86. The van der Waals surface area contributed by atoms with Gasteiger partial charge in [0.15, 0.2) is 0 Å². The number of amides is 2. The molecule has 0 spiro atoms. The number of halogens is 3. The number of benzene rings is 3. The Morgan fingerprint density at radius 1 is 0.919 bits per heavy atom. The molecule has 1 unspecified atom stereocenters. The third-order valence-corrected chi connectivity index (χ3v) is 8.24. The highest BCUT2D eigenvalue weighted by Crippen LogP contribution is 2.28. The van der Waals surface area contributed by atoms with Crippen LogP contribution in [0.3, 0.4) is 0 Å². The van der Waals surface area contributed by atoms with Crippen LogP contribution in [0.5, 0.6) is 0 Å². The van der Waals surface area contributed by atoms with E-state index in [2.05, 4.69) is 5.32 Å². The van der Waals surface area contributed by atoms with Gasteiger partial charge >= 0.3 is 0 Å². The summed E-state index contributed by atoms with van der Waals surface area (Å²) in [5, 5.41) is 3.79. The molecule has 1 N–H and O–H groups in total. The molecule has 3 aromatic carbocycles. The summed E-state index contributed by atoms with van der Waals surface area (Å²) in [7, 11) is -4.21. The van der Waals surface area contributed by atoms with Gasteiger partial charge in [-0.05, 0) is 67.9 Å². The van der Waals surface area contributed by atoms with Crippen molar-refractivity contribution >= 4 is 62.3 Å². The first-order valence-corrected chi connectivity index (χ1v) is 14.0. The fourth-order valence-corrected chi connectivity index (χ4v) is 5.52. The van der Waals surface area contributed by atoms with E-state index in [-0.39, 0.29) is 23.0 Å². The van der Waals surface area contributed by atoms with Crippen LogP contribution in [0, 0.1) is 0 Å². The molecule has 2 amide bonds. The average molecular weight is 583 g/mol. The lowest BCUT2D eigenvalue weighted by Gasteiger charge is -2.32. The Balaban J connectivity index is 2.04. The smallest absolute Gasteiger partial charge is 0.264 e. The van der Waals surface area contributed by atoms with Crippen molar-refractivity contribution in [2.75, 3.05) is 17.4 Å². The van der Waals surface area contributed by atoms with Crippen molar-refractivity contribution in [1.29, 1.82) is 0 Å². The summed E-state index contributed by atoms with van der Waals surface area (Å²) in [4.78, 5) is 27.7. The van der Waals surface area contributed by atoms with Crippen molar-refractivity contribution in [3.05, 3.63) is 93.4 Å². The molecule has 7 nitrogen and oxygen atoms in total. The minimum atomic E-state index is -4.21. The third-order valence-electron chi connectivity index (χ3n) is 5.59. The van der Waals surface area contributed by atoms with Gasteiger partial charge in [0.25, 0.3) is 10.0 Å². The maximum absolute atomic E-state index is 13.8. The first-order chi connectivity index (χ1) is 17.5. The van der Waals surface area contributed by atoms with E-state index in [1.54, 1.807) is 50.2 Å². The fourth-order valence-electron chi connectivity index (χ4n) is 3.61. The molecule has 196 valence electrons. The van der Waals surface area contributed by atoms with E-state index < -0.39 is 28.5 Å². The predicted molar refractivity (Wildman–Crippen MR) is 148 cm³/mol. The summed E-state index contributed by atoms with van der Waals surface area (Å²) in [5.41, 5.74) is 0.808. The standard InChI is InChI=1S/C26H26Cl3N3O4S/c1-3-30-26(34)18(2)31(16-19-7-4-5-10-24(19)29)25(33)17-32(22-9-6-8-21(28)15-22)37(35,36)23-13-11-20(27)12-14-23/h4-15,18H,3,16-17H2,1-2H3,(H,30,34). The summed E-state index contributed by atoms with van der Waals surface area (Å²) in [6, 6.07) is 17.8. The van der Waals surface area contributed by atoms with Crippen LogP contribution in [0.1, 0.15) is 19.4 Å². The number of nitrogens with zero attached hydrogens (tertiary/aromatic N) is 2. The molecule has 0 aliphatic rings. The molecule has 0 heterocycles. The number of sulfonamides is 1. The molecule has 1 atom stereocenters. The van der Waals surface area contributed by atoms with E-state index in [0.29, 0.717) is 27.2 Å². The van der Waals surface area contributed by atoms with Crippen molar-refractivity contribution in [2.24, 2.45) is 0 Å². The van der Waals surface area contributed by atoms with Gasteiger partial charge in [-0.3, -0.25) is 13.9 Å². The molecular formula is C26H26Cl3N3O4S. The quantitative estimate of drug-likeness (QED) is 0.347. The van der Waals surface area contributed by atoms with Gasteiger partial charge in [0.05, 0.1) is 10.6 Å². The molecule has 0 bridgehead atoms. The van der Waals surface area contributed by atoms with Crippen molar-refractivity contribution in [3.63, 3.8) is 0 Å².